The van der Waals surface area contributed by atoms with Gasteiger partial charge in [0.15, 0.2) is 0 Å². The Hall–Kier alpha value is -2.89. The van der Waals surface area contributed by atoms with Gasteiger partial charge < -0.3 is 10.6 Å². The number of benzene rings is 2. The molecule has 6 heteroatoms. The molecule has 0 fully saturated rings. The Morgan fingerprint density at radius 1 is 1.10 bits per heavy atom. The van der Waals surface area contributed by atoms with E-state index < -0.39 is 11.0 Å². The molecule has 0 saturated heterocycles. The zero-order chi connectivity index (χ0) is 14.1. The van der Waals surface area contributed by atoms with Crippen LogP contribution in [0.2, 0.25) is 0 Å². The summed E-state index contributed by atoms with van der Waals surface area (Å²) in [6.07, 6.45) is 0. The van der Waals surface area contributed by atoms with Gasteiger partial charge in [-0.25, -0.2) is 0 Å². The third-order valence-corrected chi connectivity index (χ3v) is 3.19. The SMILES string of the molecule is O=C1Nc2ccccc2C1Nc1ccccc1[N+](=O)[O-]. The van der Waals surface area contributed by atoms with Gasteiger partial charge in [0.25, 0.3) is 11.6 Å². The molecule has 0 radical (unpaired) electrons. The van der Waals surface area contributed by atoms with Crippen molar-refractivity contribution in [2.75, 3.05) is 10.6 Å². The first-order valence-electron chi connectivity index (χ1n) is 6.06. The van der Waals surface area contributed by atoms with Gasteiger partial charge in [0, 0.05) is 17.3 Å². The Bertz CT molecular complexity index is 700. The van der Waals surface area contributed by atoms with Crippen LogP contribution in [0, 0.1) is 10.1 Å². The number of anilines is 2. The highest BCUT2D eigenvalue weighted by atomic mass is 16.6. The average Bonchev–Trinajstić information content (AvgIpc) is 2.76. The van der Waals surface area contributed by atoms with E-state index in [0.717, 1.165) is 11.3 Å². The van der Waals surface area contributed by atoms with E-state index in [4.69, 9.17) is 0 Å². The summed E-state index contributed by atoms with van der Waals surface area (Å²) in [7, 11) is 0. The Morgan fingerprint density at radius 3 is 2.60 bits per heavy atom. The molecule has 6 nitrogen and oxygen atoms in total. The highest BCUT2D eigenvalue weighted by Gasteiger charge is 2.31. The van der Waals surface area contributed by atoms with Crippen LogP contribution in [0.5, 0.6) is 0 Å². The summed E-state index contributed by atoms with van der Waals surface area (Å²) in [5.41, 5.74) is 1.79. The van der Waals surface area contributed by atoms with E-state index in [9.17, 15) is 14.9 Å². The summed E-state index contributed by atoms with van der Waals surface area (Å²) in [6.45, 7) is 0. The third-order valence-electron chi connectivity index (χ3n) is 3.19. The highest BCUT2D eigenvalue weighted by molar-refractivity contribution is 6.04. The molecule has 2 aromatic rings. The second kappa shape index (κ2) is 4.65. The van der Waals surface area contributed by atoms with Crippen LogP contribution in [0.4, 0.5) is 17.1 Å². The van der Waals surface area contributed by atoms with Crippen LogP contribution in [0.15, 0.2) is 48.5 Å². The first kappa shape index (κ1) is 12.2. The van der Waals surface area contributed by atoms with Crippen molar-refractivity contribution in [2.45, 2.75) is 6.04 Å². The lowest BCUT2D eigenvalue weighted by Gasteiger charge is -2.12. The van der Waals surface area contributed by atoms with Crippen LogP contribution in [-0.4, -0.2) is 10.8 Å². The maximum Gasteiger partial charge on any atom is 0.292 e. The maximum absolute atomic E-state index is 12.0. The number of nitrogens with one attached hydrogen (secondary N) is 2. The Morgan fingerprint density at radius 2 is 1.80 bits per heavy atom. The zero-order valence-electron chi connectivity index (χ0n) is 10.4. The molecule has 1 heterocycles. The monoisotopic (exact) mass is 269 g/mol. The zero-order valence-corrected chi connectivity index (χ0v) is 10.4. The van der Waals surface area contributed by atoms with Gasteiger partial charge in [-0.2, -0.15) is 0 Å². The summed E-state index contributed by atoms with van der Waals surface area (Å²) in [5.74, 6) is -0.218. The van der Waals surface area contributed by atoms with Gasteiger partial charge in [0.05, 0.1) is 4.92 Å². The Balaban J connectivity index is 1.96. The van der Waals surface area contributed by atoms with E-state index >= 15 is 0 Å². The van der Waals surface area contributed by atoms with Crippen LogP contribution in [-0.2, 0) is 4.79 Å². The molecule has 1 atom stereocenters. The Labute approximate surface area is 114 Å². The minimum absolute atomic E-state index is 0.0512. The van der Waals surface area contributed by atoms with Gasteiger partial charge in [0.2, 0.25) is 0 Å². The van der Waals surface area contributed by atoms with E-state index in [-0.39, 0.29) is 11.6 Å². The standard InChI is InChI=1S/C14H11N3O3/c18-14-13(9-5-1-2-6-10(9)16-14)15-11-7-3-4-8-12(11)17(19)20/h1-8,13,15H,(H,16,18). The predicted octanol–water partition coefficient (Wildman–Crippen LogP) is 2.70. The number of fused-ring (bicyclic) bond motifs is 1. The van der Waals surface area contributed by atoms with E-state index in [2.05, 4.69) is 10.6 Å². The number of rotatable bonds is 3. The molecule has 2 aromatic carbocycles. The smallest absolute Gasteiger partial charge is 0.292 e. The minimum atomic E-state index is -0.618. The second-order valence-corrected chi connectivity index (χ2v) is 4.43. The molecule has 3 rings (SSSR count). The number of hydrogen-bond donors (Lipinski definition) is 2. The summed E-state index contributed by atoms with van der Waals surface area (Å²) in [5, 5.41) is 16.7. The maximum atomic E-state index is 12.0. The molecule has 0 aliphatic carbocycles. The van der Waals surface area contributed by atoms with Crippen LogP contribution in [0.25, 0.3) is 0 Å². The predicted molar refractivity (Wildman–Crippen MR) is 74.5 cm³/mol. The minimum Gasteiger partial charge on any atom is -0.364 e. The molecule has 1 unspecified atom stereocenters. The van der Waals surface area contributed by atoms with E-state index in [1.54, 1.807) is 24.3 Å². The van der Waals surface area contributed by atoms with Crippen LogP contribution < -0.4 is 10.6 Å². The molecule has 1 aliphatic rings. The van der Waals surface area contributed by atoms with Crippen molar-refractivity contribution in [2.24, 2.45) is 0 Å². The van der Waals surface area contributed by atoms with Crippen molar-refractivity contribution in [1.29, 1.82) is 0 Å². The number of nitro groups is 1. The summed E-state index contributed by atoms with van der Waals surface area (Å²) < 4.78 is 0. The molecular formula is C14H11N3O3. The number of carbonyl (C=O) groups is 1. The molecule has 0 saturated carbocycles. The van der Waals surface area contributed by atoms with E-state index in [0.29, 0.717) is 5.69 Å². The lowest BCUT2D eigenvalue weighted by molar-refractivity contribution is -0.384. The number of nitrogens with zero attached hydrogens (tertiary/aromatic N) is 1. The van der Waals surface area contributed by atoms with Crippen molar-refractivity contribution in [1.82, 2.24) is 0 Å². The molecule has 100 valence electrons. The quantitative estimate of drug-likeness (QED) is 0.662. The molecule has 0 bridgehead atoms. The van der Waals surface area contributed by atoms with E-state index in [1.165, 1.54) is 6.07 Å². The molecule has 1 aliphatic heterocycles. The summed E-state index contributed by atoms with van der Waals surface area (Å²) >= 11 is 0. The van der Waals surface area contributed by atoms with Gasteiger partial charge in [-0.1, -0.05) is 30.3 Å². The number of hydrogen-bond acceptors (Lipinski definition) is 4. The number of amides is 1. The third kappa shape index (κ3) is 1.97. The first-order chi connectivity index (χ1) is 9.66. The fourth-order valence-electron chi connectivity index (χ4n) is 2.26. The van der Waals surface area contributed by atoms with Gasteiger partial charge in [0.1, 0.15) is 11.7 Å². The Kier molecular flexibility index (Phi) is 2.83. The topological polar surface area (TPSA) is 84.3 Å². The van der Waals surface area contributed by atoms with Crippen LogP contribution in [0.1, 0.15) is 11.6 Å². The van der Waals surface area contributed by atoms with Crippen molar-refractivity contribution < 1.29 is 9.72 Å². The largest absolute Gasteiger partial charge is 0.364 e. The van der Waals surface area contributed by atoms with Crippen LogP contribution in [0.3, 0.4) is 0 Å². The lowest BCUT2D eigenvalue weighted by Crippen LogP contribution is -2.20. The fraction of sp³-hybridized carbons (Fsp3) is 0.0714. The normalized spacial score (nSPS) is 16.4. The molecule has 0 aromatic heterocycles. The summed E-state index contributed by atoms with van der Waals surface area (Å²) in [4.78, 5) is 22.5. The lowest BCUT2D eigenvalue weighted by atomic mass is 10.1. The summed E-state index contributed by atoms with van der Waals surface area (Å²) in [6, 6.07) is 12.9. The number of para-hydroxylation sites is 3. The number of nitro benzene ring substituents is 1. The van der Waals surface area contributed by atoms with Crippen molar-refractivity contribution in [3.63, 3.8) is 0 Å². The van der Waals surface area contributed by atoms with Crippen molar-refractivity contribution >= 4 is 23.0 Å². The van der Waals surface area contributed by atoms with Gasteiger partial charge in [-0.15, -0.1) is 0 Å². The van der Waals surface area contributed by atoms with Gasteiger partial charge >= 0.3 is 0 Å². The van der Waals surface area contributed by atoms with Gasteiger partial charge in [-0.3, -0.25) is 14.9 Å². The van der Waals surface area contributed by atoms with Crippen molar-refractivity contribution in [3.05, 3.63) is 64.2 Å². The van der Waals surface area contributed by atoms with E-state index in [1.807, 2.05) is 18.2 Å². The molecule has 20 heavy (non-hydrogen) atoms. The molecule has 1 amide bonds. The van der Waals surface area contributed by atoms with Gasteiger partial charge in [-0.05, 0) is 12.1 Å². The number of carbonyl (C=O) groups excluding carboxylic acids is 1. The highest BCUT2D eigenvalue weighted by Crippen LogP contribution is 2.35. The molecular weight excluding hydrogens is 258 g/mol. The molecule has 0 spiro atoms. The first-order valence-corrected chi connectivity index (χ1v) is 6.06. The second-order valence-electron chi connectivity index (χ2n) is 4.43. The molecule has 2 N–H and O–H groups in total. The van der Waals surface area contributed by atoms with Crippen molar-refractivity contribution in [3.8, 4) is 0 Å². The van der Waals surface area contributed by atoms with Crippen LogP contribution >= 0.6 is 0 Å². The average molecular weight is 269 g/mol. The fourth-order valence-corrected chi connectivity index (χ4v) is 2.26.